The summed E-state index contributed by atoms with van der Waals surface area (Å²) in [7, 11) is 0. The van der Waals surface area contributed by atoms with E-state index in [2.05, 4.69) is 47.2 Å². The SMILES string of the molecule is Cc1cc2c(c([C@@H](C)Nc3ccccc3-c3noc(=O)[nH]3)c1)OC(N1CCC(C)(C)CC1)=CC2O. The van der Waals surface area contributed by atoms with Crippen LogP contribution in [0.5, 0.6) is 5.75 Å². The van der Waals surface area contributed by atoms with Gasteiger partial charge in [-0.2, -0.15) is 0 Å². The third-order valence-corrected chi connectivity index (χ3v) is 7.01. The number of hydrogen-bond acceptors (Lipinski definition) is 7. The Balaban J connectivity index is 1.45. The first-order valence-electron chi connectivity index (χ1n) is 12.1. The highest BCUT2D eigenvalue weighted by atomic mass is 16.5. The molecule has 0 amide bonds. The van der Waals surface area contributed by atoms with E-state index in [-0.39, 0.29) is 6.04 Å². The molecule has 1 aromatic heterocycles. The Morgan fingerprint density at radius 2 is 1.97 bits per heavy atom. The van der Waals surface area contributed by atoms with Crippen LogP contribution < -0.4 is 15.8 Å². The van der Waals surface area contributed by atoms with Gasteiger partial charge in [0, 0.05) is 41.5 Å². The first kappa shape index (κ1) is 23.2. The molecule has 2 aromatic carbocycles. The van der Waals surface area contributed by atoms with Crippen molar-refractivity contribution in [3.63, 3.8) is 0 Å². The van der Waals surface area contributed by atoms with Crippen molar-refractivity contribution in [2.75, 3.05) is 18.4 Å². The van der Waals surface area contributed by atoms with Crippen LogP contribution in [-0.4, -0.2) is 33.2 Å². The third kappa shape index (κ3) is 4.71. The summed E-state index contributed by atoms with van der Waals surface area (Å²) in [6.45, 7) is 10.5. The summed E-state index contributed by atoms with van der Waals surface area (Å²) in [6.07, 6.45) is 3.24. The van der Waals surface area contributed by atoms with Crippen molar-refractivity contribution in [3.05, 3.63) is 75.6 Å². The molecule has 8 heteroatoms. The van der Waals surface area contributed by atoms with Crippen molar-refractivity contribution < 1.29 is 14.4 Å². The number of likely N-dealkylation sites (tertiary alicyclic amines) is 1. The van der Waals surface area contributed by atoms with Crippen LogP contribution in [0.2, 0.25) is 0 Å². The minimum atomic E-state index is -0.734. The van der Waals surface area contributed by atoms with E-state index in [1.807, 2.05) is 43.3 Å². The minimum absolute atomic E-state index is 0.157. The zero-order valence-corrected chi connectivity index (χ0v) is 20.6. The average Bonchev–Trinajstić information content (AvgIpc) is 3.25. The van der Waals surface area contributed by atoms with E-state index < -0.39 is 11.9 Å². The number of anilines is 1. The van der Waals surface area contributed by atoms with Crippen LogP contribution in [-0.2, 0) is 0 Å². The van der Waals surface area contributed by atoms with Gasteiger partial charge in [0.15, 0.2) is 11.7 Å². The zero-order valence-electron chi connectivity index (χ0n) is 20.6. The fraction of sp³-hybridized carbons (Fsp3) is 0.407. The van der Waals surface area contributed by atoms with E-state index in [9.17, 15) is 9.90 Å². The molecule has 3 heterocycles. The molecule has 2 aliphatic heterocycles. The Morgan fingerprint density at radius 1 is 1.23 bits per heavy atom. The Hall–Kier alpha value is -3.52. The minimum Gasteiger partial charge on any atom is -0.441 e. The van der Waals surface area contributed by atoms with Crippen LogP contribution in [0.25, 0.3) is 11.4 Å². The van der Waals surface area contributed by atoms with Gasteiger partial charge in [-0.25, -0.2) is 4.79 Å². The second-order valence-electron chi connectivity index (χ2n) is 10.3. The molecular formula is C27H32N4O4. The number of aromatic amines is 1. The van der Waals surface area contributed by atoms with Crippen LogP contribution in [0, 0.1) is 12.3 Å². The third-order valence-electron chi connectivity index (χ3n) is 7.01. The van der Waals surface area contributed by atoms with E-state index in [1.165, 1.54) is 0 Å². The molecule has 2 atom stereocenters. The molecule has 0 spiro atoms. The molecule has 3 aromatic rings. The molecule has 1 unspecified atom stereocenters. The summed E-state index contributed by atoms with van der Waals surface area (Å²) in [5.74, 6) is 1.18. The Bertz CT molecular complexity index is 1310. The highest BCUT2D eigenvalue weighted by molar-refractivity contribution is 5.73. The van der Waals surface area contributed by atoms with Gasteiger partial charge in [0.25, 0.3) is 0 Å². The fourth-order valence-corrected chi connectivity index (χ4v) is 4.83. The molecule has 0 bridgehead atoms. The number of hydrogen-bond donors (Lipinski definition) is 3. The number of nitrogens with one attached hydrogen (secondary N) is 2. The first-order valence-corrected chi connectivity index (χ1v) is 12.1. The van der Waals surface area contributed by atoms with Gasteiger partial charge in [-0.1, -0.05) is 42.8 Å². The predicted molar refractivity (Wildman–Crippen MR) is 134 cm³/mol. The molecule has 2 aliphatic rings. The van der Waals surface area contributed by atoms with Gasteiger partial charge in [0.1, 0.15) is 11.9 Å². The molecular weight excluding hydrogens is 444 g/mol. The van der Waals surface area contributed by atoms with E-state index in [0.29, 0.717) is 17.0 Å². The monoisotopic (exact) mass is 476 g/mol. The van der Waals surface area contributed by atoms with Crippen LogP contribution in [0.1, 0.15) is 62.4 Å². The van der Waals surface area contributed by atoms with Crippen molar-refractivity contribution in [1.29, 1.82) is 0 Å². The van der Waals surface area contributed by atoms with Gasteiger partial charge in [-0.05, 0) is 50.3 Å². The lowest BCUT2D eigenvalue weighted by atomic mass is 9.82. The van der Waals surface area contributed by atoms with Gasteiger partial charge in [0.05, 0.1) is 6.04 Å². The van der Waals surface area contributed by atoms with E-state index in [0.717, 1.165) is 59.8 Å². The Morgan fingerprint density at radius 3 is 2.69 bits per heavy atom. The van der Waals surface area contributed by atoms with Gasteiger partial charge < -0.3 is 20.1 Å². The molecule has 35 heavy (non-hydrogen) atoms. The number of nitrogens with zero attached hydrogens (tertiary/aromatic N) is 2. The molecule has 1 saturated heterocycles. The van der Waals surface area contributed by atoms with Crippen molar-refractivity contribution in [2.24, 2.45) is 5.41 Å². The molecule has 1 fully saturated rings. The zero-order chi connectivity index (χ0) is 24.7. The molecule has 5 rings (SSSR count). The predicted octanol–water partition coefficient (Wildman–Crippen LogP) is 4.90. The molecule has 0 aliphatic carbocycles. The van der Waals surface area contributed by atoms with Crippen molar-refractivity contribution >= 4 is 5.69 Å². The summed E-state index contributed by atoms with van der Waals surface area (Å²) in [4.78, 5) is 16.3. The Kier molecular flexibility index (Phi) is 5.92. The number of fused-ring (bicyclic) bond motifs is 1. The second-order valence-corrected chi connectivity index (χ2v) is 10.3. The van der Waals surface area contributed by atoms with Gasteiger partial charge in [-0.3, -0.25) is 9.51 Å². The molecule has 184 valence electrons. The molecule has 8 nitrogen and oxygen atoms in total. The fourth-order valence-electron chi connectivity index (χ4n) is 4.83. The van der Waals surface area contributed by atoms with Crippen molar-refractivity contribution in [2.45, 2.75) is 52.7 Å². The number of H-pyrrole nitrogens is 1. The number of aliphatic hydroxyl groups excluding tert-OH is 1. The van der Waals surface area contributed by atoms with Crippen LogP contribution in [0.15, 0.2) is 57.7 Å². The van der Waals surface area contributed by atoms with Gasteiger partial charge >= 0.3 is 5.76 Å². The summed E-state index contributed by atoms with van der Waals surface area (Å²) < 4.78 is 11.2. The number of aryl methyl sites for hydroxylation is 1. The summed E-state index contributed by atoms with van der Waals surface area (Å²) in [5.41, 5.74) is 4.61. The summed E-state index contributed by atoms with van der Waals surface area (Å²) in [6, 6.07) is 11.5. The highest BCUT2D eigenvalue weighted by Crippen LogP contribution is 2.42. The Labute approximate surface area is 204 Å². The average molecular weight is 477 g/mol. The number of piperidine rings is 1. The maximum absolute atomic E-state index is 11.5. The lowest BCUT2D eigenvalue weighted by molar-refractivity contribution is 0.104. The number of ether oxygens (including phenoxy) is 1. The van der Waals surface area contributed by atoms with Crippen LogP contribution >= 0.6 is 0 Å². The number of benzene rings is 2. The lowest BCUT2D eigenvalue weighted by Gasteiger charge is -2.40. The molecule has 3 N–H and O–H groups in total. The molecule has 0 radical (unpaired) electrons. The van der Waals surface area contributed by atoms with Crippen molar-refractivity contribution in [3.8, 4) is 17.1 Å². The highest BCUT2D eigenvalue weighted by Gasteiger charge is 2.32. The first-order chi connectivity index (χ1) is 16.7. The van der Waals surface area contributed by atoms with E-state index >= 15 is 0 Å². The number of aliphatic hydroxyl groups is 1. The standard InChI is InChI=1S/C27H32N4O4/c1-16-13-19(17(2)28-21-8-6-5-7-18(21)25-29-26(33)35-30-25)24-20(14-16)22(32)15-23(34-24)31-11-9-27(3,4)10-12-31/h5-8,13-15,17,22,28,32H,9-12H2,1-4H3,(H,29,30,33)/t17-,22?/m1/s1. The largest absolute Gasteiger partial charge is 0.441 e. The van der Waals surface area contributed by atoms with Gasteiger partial charge in [0.2, 0.25) is 0 Å². The maximum atomic E-state index is 11.5. The van der Waals surface area contributed by atoms with E-state index in [1.54, 1.807) is 0 Å². The smallest absolute Gasteiger partial charge is 0.439 e. The maximum Gasteiger partial charge on any atom is 0.439 e. The summed E-state index contributed by atoms with van der Waals surface area (Å²) >= 11 is 0. The van der Waals surface area contributed by atoms with E-state index in [4.69, 9.17) is 9.26 Å². The number of aromatic nitrogens is 2. The quantitative estimate of drug-likeness (QED) is 0.481. The van der Waals surface area contributed by atoms with Gasteiger partial charge in [-0.15, -0.1) is 0 Å². The van der Waals surface area contributed by atoms with Crippen LogP contribution in [0.4, 0.5) is 5.69 Å². The second kappa shape index (κ2) is 8.92. The van der Waals surface area contributed by atoms with Crippen molar-refractivity contribution in [1.82, 2.24) is 15.0 Å². The van der Waals surface area contributed by atoms with Crippen LogP contribution in [0.3, 0.4) is 0 Å². The summed E-state index contributed by atoms with van der Waals surface area (Å²) in [5, 5.41) is 18.4. The normalized spacial score (nSPS) is 20.0. The molecule has 0 saturated carbocycles. The topological polar surface area (TPSA) is 104 Å². The number of rotatable bonds is 5. The number of para-hydroxylation sites is 1. The lowest BCUT2D eigenvalue weighted by Crippen LogP contribution is -2.39.